The number of rotatable bonds is 5. The number of aldehydes is 1. The number of carbonyl (C=O) groups is 1. The zero-order valence-electron chi connectivity index (χ0n) is 18.1. The molecule has 1 unspecified atom stereocenters. The molecular weight excluding hydrogens is 398 g/mol. The van der Waals surface area contributed by atoms with Crippen LogP contribution in [0.3, 0.4) is 0 Å². The molecule has 1 atom stereocenters. The molecule has 1 aromatic carbocycles. The zero-order chi connectivity index (χ0) is 21.9. The Morgan fingerprint density at radius 2 is 1.88 bits per heavy atom. The van der Waals surface area contributed by atoms with Crippen LogP contribution in [0.5, 0.6) is 0 Å². The van der Waals surface area contributed by atoms with Gasteiger partial charge in [-0.05, 0) is 92.0 Å². The molecule has 0 bridgehead atoms. The maximum atomic E-state index is 11.8. The third kappa shape index (κ3) is 4.14. The van der Waals surface area contributed by atoms with E-state index < -0.39 is 6.04 Å². The molecule has 1 fully saturated rings. The summed E-state index contributed by atoms with van der Waals surface area (Å²) in [6.45, 7) is 4.17. The van der Waals surface area contributed by atoms with E-state index in [0.717, 1.165) is 53.1 Å². The van der Waals surface area contributed by atoms with E-state index in [0.29, 0.717) is 11.7 Å². The van der Waals surface area contributed by atoms with Crippen LogP contribution in [0.1, 0.15) is 47.1 Å². The number of benzene rings is 1. The highest BCUT2D eigenvalue weighted by Crippen LogP contribution is 2.34. The lowest BCUT2D eigenvalue weighted by atomic mass is 9.90. The van der Waals surface area contributed by atoms with E-state index in [2.05, 4.69) is 45.2 Å². The Kier molecular flexibility index (Phi) is 5.69. The molecule has 0 amide bonds. The first-order chi connectivity index (χ1) is 15.7. The summed E-state index contributed by atoms with van der Waals surface area (Å²) >= 11 is 0. The van der Waals surface area contributed by atoms with Crippen LogP contribution in [-0.2, 0) is 4.79 Å². The van der Waals surface area contributed by atoms with Crippen molar-refractivity contribution in [2.24, 2.45) is 0 Å². The van der Waals surface area contributed by atoms with E-state index in [1.807, 2.05) is 43.6 Å². The number of anilines is 2. The molecule has 4 heterocycles. The van der Waals surface area contributed by atoms with E-state index in [9.17, 15) is 4.79 Å². The lowest BCUT2D eigenvalue weighted by Gasteiger charge is -2.24. The number of hydrogen-bond donors (Lipinski definition) is 3. The van der Waals surface area contributed by atoms with Crippen molar-refractivity contribution in [2.45, 2.75) is 31.7 Å². The molecule has 3 aromatic rings. The van der Waals surface area contributed by atoms with Crippen LogP contribution in [0.25, 0.3) is 17.5 Å². The second kappa shape index (κ2) is 8.93. The molecule has 0 radical (unpaired) electrons. The monoisotopic (exact) mass is 425 g/mol. The van der Waals surface area contributed by atoms with Crippen LogP contribution in [0.2, 0.25) is 0 Å². The number of pyridine rings is 2. The molecule has 0 saturated carbocycles. The SMILES string of the molecule is Cc1ccc(-c2cc3c(c(Nc4ccc(C5CCNCC5)cc4)n2)C(C=O)NC=C3)nc1. The second-order valence-corrected chi connectivity index (χ2v) is 8.46. The highest BCUT2D eigenvalue weighted by Gasteiger charge is 2.23. The van der Waals surface area contributed by atoms with E-state index in [-0.39, 0.29) is 0 Å². The maximum Gasteiger partial charge on any atom is 0.146 e. The molecule has 162 valence electrons. The quantitative estimate of drug-likeness (QED) is 0.523. The van der Waals surface area contributed by atoms with Gasteiger partial charge < -0.3 is 20.7 Å². The van der Waals surface area contributed by atoms with Gasteiger partial charge in [0.2, 0.25) is 0 Å². The Morgan fingerprint density at radius 3 is 2.59 bits per heavy atom. The normalized spacial score (nSPS) is 18.0. The summed E-state index contributed by atoms with van der Waals surface area (Å²) in [5.74, 6) is 1.28. The zero-order valence-corrected chi connectivity index (χ0v) is 18.1. The molecule has 6 heteroatoms. The van der Waals surface area contributed by atoms with Crippen molar-refractivity contribution in [2.75, 3.05) is 18.4 Å². The number of piperidine rings is 1. The summed E-state index contributed by atoms with van der Waals surface area (Å²) in [7, 11) is 0. The van der Waals surface area contributed by atoms with E-state index in [1.165, 1.54) is 18.4 Å². The first-order valence-corrected chi connectivity index (χ1v) is 11.1. The molecule has 3 N–H and O–H groups in total. The third-order valence-corrected chi connectivity index (χ3v) is 6.23. The van der Waals surface area contributed by atoms with Gasteiger partial charge in [0.05, 0.1) is 11.4 Å². The first kappa shape index (κ1) is 20.4. The first-order valence-electron chi connectivity index (χ1n) is 11.1. The number of hydrogen-bond acceptors (Lipinski definition) is 6. The van der Waals surface area contributed by atoms with Crippen molar-refractivity contribution in [3.05, 3.63) is 77.1 Å². The number of fused-ring (bicyclic) bond motifs is 1. The van der Waals surface area contributed by atoms with Crippen LogP contribution in [0, 0.1) is 6.92 Å². The number of aryl methyl sites for hydroxylation is 1. The molecule has 2 aliphatic heterocycles. The van der Waals surface area contributed by atoms with Crippen molar-refractivity contribution in [3.63, 3.8) is 0 Å². The van der Waals surface area contributed by atoms with Crippen molar-refractivity contribution in [1.82, 2.24) is 20.6 Å². The number of nitrogens with zero attached hydrogens (tertiary/aromatic N) is 2. The number of aromatic nitrogens is 2. The van der Waals surface area contributed by atoms with Crippen LogP contribution in [-0.4, -0.2) is 29.3 Å². The lowest BCUT2D eigenvalue weighted by molar-refractivity contribution is -0.109. The standard InChI is InChI=1S/C26H27N5O/c1-17-2-7-22(29-15-17)23-14-20-10-13-28-24(16-32)25(20)26(31-23)30-21-5-3-18(4-6-21)19-8-11-27-12-9-19/h2-7,10,13-16,19,24,27-28H,8-9,11-12H2,1H3,(H,30,31). The maximum absolute atomic E-state index is 11.8. The average molecular weight is 426 g/mol. The summed E-state index contributed by atoms with van der Waals surface area (Å²) in [4.78, 5) is 21.2. The topological polar surface area (TPSA) is 78.9 Å². The fourth-order valence-electron chi connectivity index (χ4n) is 4.45. The van der Waals surface area contributed by atoms with Gasteiger partial charge in [0, 0.05) is 17.4 Å². The highest BCUT2D eigenvalue weighted by atomic mass is 16.1. The molecule has 32 heavy (non-hydrogen) atoms. The minimum Gasteiger partial charge on any atom is -0.378 e. The molecule has 0 aliphatic carbocycles. The Hall–Kier alpha value is -3.51. The number of carbonyl (C=O) groups excluding carboxylic acids is 1. The van der Waals surface area contributed by atoms with Gasteiger partial charge >= 0.3 is 0 Å². The largest absolute Gasteiger partial charge is 0.378 e. The smallest absolute Gasteiger partial charge is 0.146 e. The summed E-state index contributed by atoms with van der Waals surface area (Å²) in [6.07, 6.45) is 8.89. The lowest BCUT2D eigenvalue weighted by Crippen LogP contribution is -2.26. The van der Waals surface area contributed by atoms with Crippen LogP contribution in [0.4, 0.5) is 11.5 Å². The highest BCUT2D eigenvalue weighted by molar-refractivity contribution is 5.79. The van der Waals surface area contributed by atoms with Gasteiger partial charge in [0.25, 0.3) is 0 Å². The van der Waals surface area contributed by atoms with E-state index in [1.54, 1.807) is 0 Å². The number of nitrogens with one attached hydrogen (secondary N) is 3. The molecule has 5 rings (SSSR count). The van der Waals surface area contributed by atoms with Crippen molar-refractivity contribution in [1.29, 1.82) is 0 Å². The summed E-state index contributed by atoms with van der Waals surface area (Å²) < 4.78 is 0. The molecular formula is C26H27N5O. The summed E-state index contributed by atoms with van der Waals surface area (Å²) in [5, 5.41) is 10.0. The van der Waals surface area contributed by atoms with Crippen LogP contribution < -0.4 is 16.0 Å². The third-order valence-electron chi connectivity index (χ3n) is 6.23. The van der Waals surface area contributed by atoms with E-state index in [4.69, 9.17) is 4.98 Å². The minimum absolute atomic E-state index is 0.445. The van der Waals surface area contributed by atoms with Gasteiger partial charge in [-0.25, -0.2) is 4.98 Å². The average Bonchev–Trinajstić information content (AvgIpc) is 2.85. The van der Waals surface area contributed by atoms with Gasteiger partial charge in [0.1, 0.15) is 18.1 Å². The van der Waals surface area contributed by atoms with Gasteiger partial charge in [-0.15, -0.1) is 0 Å². The van der Waals surface area contributed by atoms with Crippen LogP contribution >= 0.6 is 0 Å². The molecule has 2 aromatic heterocycles. The minimum atomic E-state index is -0.445. The van der Waals surface area contributed by atoms with Gasteiger partial charge in [-0.3, -0.25) is 4.98 Å². The Bertz CT molecular complexity index is 1130. The Morgan fingerprint density at radius 1 is 1.06 bits per heavy atom. The second-order valence-electron chi connectivity index (χ2n) is 8.46. The molecule has 1 saturated heterocycles. The molecule has 2 aliphatic rings. The van der Waals surface area contributed by atoms with Crippen molar-refractivity contribution in [3.8, 4) is 11.4 Å². The van der Waals surface area contributed by atoms with Crippen molar-refractivity contribution < 1.29 is 4.79 Å². The van der Waals surface area contributed by atoms with Crippen LogP contribution in [0.15, 0.2) is 54.9 Å². The fraction of sp³-hybridized carbons (Fsp3) is 0.269. The van der Waals surface area contributed by atoms with Gasteiger partial charge in [-0.1, -0.05) is 18.2 Å². The van der Waals surface area contributed by atoms with E-state index >= 15 is 0 Å². The summed E-state index contributed by atoms with van der Waals surface area (Å²) in [6, 6.07) is 14.2. The molecule has 0 spiro atoms. The predicted molar refractivity (Wildman–Crippen MR) is 128 cm³/mol. The van der Waals surface area contributed by atoms with Crippen molar-refractivity contribution >= 4 is 23.9 Å². The predicted octanol–water partition coefficient (Wildman–Crippen LogP) is 4.48. The van der Waals surface area contributed by atoms with Gasteiger partial charge in [-0.2, -0.15) is 0 Å². The Labute approximate surface area is 188 Å². The van der Waals surface area contributed by atoms with Gasteiger partial charge in [0.15, 0.2) is 0 Å². The fourth-order valence-corrected chi connectivity index (χ4v) is 4.45. The summed E-state index contributed by atoms with van der Waals surface area (Å²) in [5.41, 5.74) is 6.81. The molecule has 6 nitrogen and oxygen atoms in total. The Balaban J connectivity index is 1.50.